The Labute approximate surface area is 212 Å². The number of carbonyl (C=O) groups is 2. The minimum absolute atomic E-state index is 0.272. The SMILES string of the molecule is N#Cc1cccc(C(=O)Nc2cccc(-c3ccn(-c4ccnc5[nH]ccc45)n3)c2)c1.O=C(O)C(F)(F)F. The van der Waals surface area contributed by atoms with Crippen LogP contribution in [0.25, 0.3) is 28.0 Å². The molecule has 9 nitrogen and oxygen atoms in total. The van der Waals surface area contributed by atoms with Crippen LogP contribution in [0.4, 0.5) is 18.9 Å². The lowest BCUT2D eigenvalue weighted by atomic mass is 10.1. The zero-order valence-corrected chi connectivity index (χ0v) is 19.3. The Hall–Kier alpha value is -5.44. The standard InChI is InChI=1S/C24H16N6O.C2HF3O2/c25-15-16-3-1-5-18(13-16)24(31)28-19-6-2-4-17(14-19)21-9-12-30(29-21)22-8-11-27-23-20(22)7-10-26-23;3-2(4,5)1(6)7/h1-14H,(H,26,27)(H,28,31);(H,6,7). The monoisotopic (exact) mass is 518 g/mol. The molecular weight excluding hydrogens is 501 g/mol. The Morgan fingerprint density at radius 2 is 1.82 bits per heavy atom. The van der Waals surface area contributed by atoms with Gasteiger partial charge in [-0.05, 0) is 48.5 Å². The topological polar surface area (TPSA) is 137 Å². The number of carboxylic acids is 1. The lowest BCUT2D eigenvalue weighted by Crippen LogP contribution is -2.21. The van der Waals surface area contributed by atoms with Crippen molar-refractivity contribution in [3.8, 4) is 23.0 Å². The summed E-state index contributed by atoms with van der Waals surface area (Å²) < 4.78 is 33.5. The highest BCUT2D eigenvalue weighted by molar-refractivity contribution is 6.04. The number of aliphatic carboxylic acids is 1. The van der Waals surface area contributed by atoms with Crippen molar-refractivity contribution < 1.29 is 27.9 Å². The molecule has 0 aliphatic carbocycles. The number of amides is 1. The van der Waals surface area contributed by atoms with E-state index in [1.807, 2.05) is 65.6 Å². The Kier molecular flexibility index (Phi) is 7.20. The Morgan fingerprint density at radius 3 is 2.55 bits per heavy atom. The smallest absolute Gasteiger partial charge is 0.475 e. The van der Waals surface area contributed by atoms with Crippen molar-refractivity contribution in [3.05, 3.63) is 96.4 Å². The second-order valence-corrected chi connectivity index (χ2v) is 7.75. The maximum Gasteiger partial charge on any atom is 0.490 e. The summed E-state index contributed by atoms with van der Waals surface area (Å²) in [6.45, 7) is 0. The van der Waals surface area contributed by atoms with Gasteiger partial charge in [-0.25, -0.2) is 14.5 Å². The highest BCUT2D eigenvalue weighted by Crippen LogP contribution is 2.24. The van der Waals surface area contributed by atoms with Crippen LogP contribution >= 0.6 is 0 Å². The number of carboxylic acid groups (broad SMARTS) is 1. The number of nitrogens with one attached hydrogen (secondary N) is 2. The minimum Gasteiger partial charge on any atom is -0.475 e. The molecule has 2 aromatic carbocycles. The van der Waals surface area contributed by atoms with Crippen LogP contribution < -0.4 is 5.32 Å². The molecule has 0 aliphatic rings. The normalized spacial score (nSPS) is 10.8. The molecule has 3 aromatic heterocycles. The van der Waals surface area contributed by atoms with Crippen molar-refractivity contribution in [2.75, 3.05) is 5.32 Å². The third-order valence-electron chi connectivity index (χ3n) is 5.19. The number of carbonyl (C=O) groups excluding carboxylic acids is 1. The number of benzene rings is 2. The van der Waals surface area contributed by atoms with Gasteiger partial charge in [-0.15, -0.1) is 0 Å². The van der Waals surface area contributed by atoms with Crippen LogP contribution in [0.3, 0.4) is 0 Å². The van der Waals surface area contributed by atoms with Gasteiger partial charge < -0.3 is 15.4 Å². The molecule has 1 amide bonds. The molecule has 0 saturated heterocycles. The summed E-state index contributed by atoms with van der Waals surface area (Å²) in [6, 6.07) is 22.0. The van der Waals surface area contributed by atoms with Gasteiger partial charge in [-0.2, -0.15) is 23.5 Å². The molecule has 5 rings (SSSR count). The van der Waals surface area contributed by atoms with Gasteiger partial charge in [0.2, 0.25) is 0 Å². The average molecular weight is 518 g/mol. The predicted molar refractivity (Wildman–Crippen MR) is 131 cm³/mol. The van der Waals surface area contributed by atoms with Crippen LogP contribution in [0.2, 0.25) is 0 Å². The van der Waals surface area contributed by atoms with E-state index in [9.17, 15) is 18.0 Å². The second-order valence-electron chi connectivity index (χ2n) is 7.75. The van der Waals surface area contributed by atoms with E-state index in [0.29, 0.717) is 16.8 Å². The summed E-state index contributed by atoms with van der Waals surface area (Å²) in [5.41, 5.74) is 4.92. The van der Waals surface area contributed by atoms with Crippen LogP contribution in [0.15, 0.2) is 85.3 Å². The lowest BCUT2D eigenvalue weighted by Gasteiger charge is -2.07. The van der Waals surface area contributed by atoms with E-state index >= 15 is 0 Å². The van der Waals surface area contributed by atoms with E-state index in [-0.39, 0.29) is 5.91 Å². The molecule has 5 aromatic rings. The summed E-state index contributed by atoms with van der Waals surface area (Å²) in [5, 5.41) is 24.7. The predicted octanol–water partition coefficient (Wildman–Crippen LogP) is 5.17. The number of aromatic amines is 1. The fraction of sp³-hybridized carbons (Fsp3) is 0.0385. The fourth-order valence-corrected chi connectivity index (χ4v) is 3.45. The van der Waals surface area contributed by atoms with E-state index in [4.69, 9.17) is 20.3 Å². The Bertz CT molecular complexity index is 1670. The Morgan fingerprint density at radius 1 is 1.05 bits per heavy atom. The van der Waals surface area contributed by atoms with Gasteiger partial charge in [0, 0.05) is 40.8 Å². The number of nitrogens with zero attached hydrogens (tertiary/aromatic N) is 4. The van der Waals surface area contributed by atoms with E-state index in [0.717, 1.165) is 28.0 Å². The number of hydrogen-bond acceptors (Lipinski definition) is 5. The third kappa shape index (κ3) is 5.85. The van der Waals surface area contributed by atoms with Crippen molar-refractivity contribution in [1.82, 2.24) is 19.7 Å². The first-order valence-electron chi connectivity index (χ1n) is 10.9. The van der Waals surface area contributed by atoms with Gasteiger partial charge in [-0.1, -0.05) is 18.2 Å². The first-order chi connectivity index (χ1) is 18.2. The molecule has 0 bridgehead atoms. The number of alkyl halides is 3. The lowest BCUT2D eigenvalue weighted by molar-refractivity contribution is -0.192. The quantitative estimate of drug-likeness (QED) is 0.300. The first kappa shape index (κ1) is 25.6. The number of rotatable bonds is 4. The molecule has 190 valence electrons. The van der Waals surface area contributed by atoms with E-state index in [2.05, 4.69) is 15.3 Å². The van der Waals surface area contributed by atoms with Crippen LogP contribution in [0.5, 0.6) is 0 Å². The van der Waals surface area contributed by atoms with Crippen LogP contribution in [-0.2, 0) is 4.79 Å². The largest absolute Gasteiger partial charge is 0.490 e. The second kappa shape index (κ2) is 10.7. The summed E-state index contributed by atoms with van der Waals surface area (Å²) in [7, 11) is 0. The third-order valence-corrected chi connectivity index (χ3v) is 5.19. The number of halogens is 3. The summed E-state index contributed by atoms with van der Waals surface area (Å²) in [5.74, 6) is -3.03. The van der Waals surface area contributed by atoms with Gasteiger partial charge in [0.05, 0.1) is 23.0 Å². The van der Waals surface area contributed by atoms with Crippen molar-refractivity contribution in [3.63, 3.8) is 0 Å². The average Bonchev–Trinajstić information content (AvgIpc) is 3.59. The highest BCUT2D eigenvalue weighted by Gasteiger charge is 2.38. The van der Waals surface area contributed by atoms with Gasteiger partial charge in [0.1, 0.15) is 5.65 Å². The zero-order chi connectivity index (χ0) is 27.3. The fourth-order valence-electron chi connectivity index (χ4n) is 3.45. The van der Waals surface area contributed by atoms with Crippen molar-refractivity contribution >= 4 is 28.6 Å². The van der Waals surface area contributed by atoms with Crippen molar-refractivity contribution in [2.24, 2.45) is 0 Å². The van der Waals surface area contributed by atoms with Gasteiger partial charge in [-0.3, -0.25) is 4.79 Å². The molecular formula is C26H17F3N6O3. The number of fused-ring (bicyclic) bond motifs is 1. The molecule has 0 saturated carbocycles. The minimum atomic E-state index is -5.08. The maximum absolute atomic E-state index is 12.6. The zero-order valence-electron chi connectivity index (χ0n) is 19.3. The molecule has 0 atom stereocenters. The molecule has 0 fully saturated rings. The van der Waals surface area contributed by atoms with Crippen LogP contribution in [0.1, 0.15) is 15.9 Å². The van der Waals surface area contributed by atoms with Crippen molar-refractivity contribution in [2.45, 2.75) is 6.18 Å². The number of aromatic nitrogens is 4. The van der Waals surface area contributed by atoms with E-state index in [1.54, 1.807) is 30.5 Å². The molecule has 3 N–H and O–H groups in total. The Balaban J connectivity index is 0.000000426. The number of nitriles is 1. The van der Waals surface area contributed by atoms with E-state index < -0.39 is 12.1 Å². The molecule has 12 heteroatoms. The maximum atomic E-state index is 12.6. The number of pyridine rings is 1. The summed E-state index contributed by atoms with van der Waals surface area (Å²) in [6.07, 6.45) is 0.409. The number of H-pyrrole nitrogens is 1. The van der Waals surface area contributed by atoms with Gasteiger partial charge in [0.25, 0.3) is 5.91 Å². The number of anilines is 1. The molecule has 0 aliphatic heterocycles. The van der Waals surface area contributed by atoms with E-state index in [1.165, 1.54) is 0 Å². The molecule has 38 heavy (non-hydrogen) atoms. The molecule has 3 heterocycles. The highest BCUT2D eigenvalue weighted by atomic mass is 19.4. The van der Waals surface area contributed by atoms with Gasteiger partial charge >= 0.3 is 12.1 Å². The molecule has 0 radical (unpaired) electrons. The summed E-state index contributed by atoms with van der Waals surface area (Å²) >= 11 is 0. The number of hydrogen-bond donors (Lipinski definition) is 3. The molecule has 0 unspecified atom stereocenters. The van der Waals surface area contributed by atoms with Crippen LogP contribution in [-0.4, -0.2) is 42.9 Å². The molecule has 0 spiro atoms. The van der Waals surface area contributed by atoms with Crippen LogP contribution in [0, 0.1) is 11.3 Å². The van der Waals surface area contributed by atoms with Crippen molar-refractivity contribution in [1.29, 1.82) is 5.26 Å². The van der Waals surface area contributed by atoms with Gasteiger partial charge in [0.15, 0.2) is 0 Å². The first-order valence-corrected chi connectivity index (χ1v) is 10.9. The summed E-state index contributed by atoms with van der Waals surface area (Å²) in [4.78, 5) is 28.9.